The van der Waals surface area contributed by atoms with Crippen molar-refractivity contribution >= 4 is 57.7 Å². The van der Waals surface area contributed by atoms with Crippen LogP contribution < -0.4 is 10.2 Å². The number of benzene rings is 2. The van der Waals surface area contributed by atoms with Gasteiger partial charge in [0.1, 0.15) is 12.6 Å². The quantitative estimate of drug-likeness (QED) is 0.370. The van der Waals surface area contributed by atoms with E-state index >= 15 is 0 Å². The predicted molar refractivity (Wildman–Crippen MR) is 170 cm³/mol. The molecule has 2 aliphatic heterocycles. The van der Waals surface area contributed by atoms with Gasteiger partial charge in [0, 0.05) is 54.9 Å². The standard InChI is InChI=1S/C32H35N5O5S2/c1-21(38)35-16-5-8-24(18-35)30-37(32(41)42-19-22-6-3-2-4-7-22)27(20-44-30)29(40)36(31-33-15-17-43-31)26-13-9-23(10-14-26)28(39)34-25-11-12-25/h2-4,6-7,9-10,13-15,17,24-25,27,30H,5,8,11-12,16,18-20H2,1H3,(H,34,39). The molecule has 1 aliphatic carbocycles. The van der Waals surface area contributed by atoms with Gasteiger partial charge < -0.3 is 15.0 Å². The summed E-state index contributed by atoms with van der Waals surface area (Å²) in [6, 6.07) is 15.8. The highest BCUT2D eigenvalue weighted by Gasteiger charge is 2.48. The summed E-state index contributed by atoms with van der Waals surface area (Å²) in [7, 11) is 0. The molecule has 6 rings (SSSR count). The second-order valence-corrected chi connectivity index (χ2v) is 13.4. The van der Waals surface area contributed by atoms with Gasteiger partial charge in [-0.1, -0.05) is 30.3 Å². The van der Waals surface area contributed by atoms with E-state index in [0.717, 1.165) is 31.2 Å². The minimum absolute atomic E-state index is 0.00250. The molecule has 3 aliphatic rings. The smallest absolute Gasteiger partial charge is 0.411 e. The monoisotopic (exact) mass is 633 g/mol. The van der Waals surface area contributed by atoms with Crippen molar-refractivity contribution in [2.75, 3.05) is 23.7 Å². The van der Waals surface area contributed by atoms with Gasteiger partial charge in [-0.25, -0.2) is 9.78 Å². The van der Waals surface area contributed by atoms with Crippen LogP contribution in [-0.4, -0.2) is 74.9 Å². The number of piperidine rings is 1. The van der Waals surface area contributed by atoms with Crippen LogP contribution >= 0.6 is 23.1 Å². The molecule has 3 fully saturated rings. The van der Waals surface area contributed by atoms with Gasteiger partial charge in [0.2, 0.25) is 5.91 Å². The summed E-state index contributed by atoms with van der Waals surface area (Å²) in [5.41, 5.74) is 1.92. The molecule has 2 saturated heterocycles. The minimum Gasteiger partial charge on any atom is -0.445 e. The average Bonchev–Trinajstić information content (AvgIpc) is 3.49. The number of hydrogen-bond donors (Lipinski definition) is 1. The van der Waals surface area contributed by atoms with Crippen LogP contribution in [0.2, 0.25) is 0 Å². The summed E-state index contributed by atoms with van der Waals surface area (Å²) < 4.78 is 5.81. The first-order valence-electron chi connectivity index (χ1n) is 14.9. The molecule has 3 aromatic rings. The summed E-state index contributed by atoms with van der Waals surface area (Å²) in [5.74, 6) is -0.0590. The van der Waals surface area contributed by atoms with Crippen molar-refractivity contribution in [3.05, 3.63) is 77.3 Å². The highest BCUT2D eigenvalue weighted by atomic mass is 32.2. The first kappa shape index (κ1) is 30.1. The normalized spacial score (nSPS) is 21.5. The molecule has 12 heteroatoms. The van der Waals surface area contributed by atoms with E-state index < -0.39 is 12.1 Å². The zero-order valence-corrected chi connectivity index (χ0v) is 26.1. The first-order chi connectivity index (χ1) is 21.4. The molecule has 3 atom stereocenters. The summed E-state index contributed by atoms with van der Waals surface area (Å²) in [5, 5.41) is 4.92. The Labute approximate surface area is 264 Å². The van der Waals surface area contributed by atoms with Crippen molar-refractivity contribution < 1.29 is 23.9 Å². The molecule has 0 radical (unpaired) electrons. The van der Waals surface area contributed by atoms with Crippen molar-refractivity contribution in [3.63, 3.8) is 0 Å². The lowest BCUT2D eigenvalue weighted by Gasteiger charge is -2.39. The van der Waals surface area contributed by atoms with E-state index in [1.54, 1.807) is 59.4 Å². The van der Waals surface area contributed by atoms with Crippen LogP contribution in [0, 0.1) is 5.92 Å². The number of thiazole rings is 1. The molecule has 3 unspecified atom stereocenters. The van der Waals surface area contributed by atoms with Crippen molar-refractivity contribution in [3.8, 4) is 0 Å². The van der Waals surface area contributed by atoms with Crippen molar-refractivity contribution in [2.24, 2.45) is 5.92 Å². The lowest BCUT2D eigenvalue weighted by atomic mass is 9.96. The van der Waals surface area contributed by atoms with Crippen LogP contribution in [-0.2, 0) is 20.9 Å². The lowest BCUT2D eigenvalue weighted by molar-refractivity contribution is -0.131. The Morgan fingerprint density at radius 3 is 2.50 bits per heavy atom. The van der Waals surface area contributed by atoms with E-state index in [-0.39, 0.29) is 41.7 Å². The van der Waals surface area contributed by atoms with E-state index in [9.17, 15) is 19.2 Å². The number of nitrogens with zero attached hydrogens (tertiary/aromatic N) is 4. The number of amides is 4. The largest absolute Gasteiger partial charge is 0.445 e. The van der Waals surface area contributed by atoms with Crippen LogP contribution in [0.4, 0.5) is 15.6 Å². The Morgan fingerprint density at radius 1 is 1.05 bits per heavy atom. The zero-order valence-electron chi connectivity index (χ0n) is 24.5. The molecular formula is C32H35N5O5S2. The van der Waals surface area contributed by atoms with E-state index in [1.807, 2.05) is 35.2 Å². The Hall–Kier alpha value is -3.90. The van der Waals surface area contributed by atoms with Gasteiger partial charge in [0.05, 0.1) is 11.1 Å². The summed E-state index contributed by atoms with van der Waals surface area (Å²) in [6.45, 7) is 2.86. The molecule has 1 N–H and O–H groups in total. The van der Waals surface area contributed by atoms with Crippen molar-refractivity contribution in [2.45, 2.75) is 56.7 Å². The van der Waals surface area contributed by atoms with Crippen LogP contribution in [0.3, 0.4) is 0 Å². The van der Waals surface area contributed by atoms with E-state index in [2.05, 4.69) is 10.3 Å². The number of hydrogen-bond acceptors (Lipinski definition) is 8. The second-order valence-electron chi connectivity index (χ2n) is 11.3. The third-order valence-electron chi connectivity index (χ3n) is 8.17. The van der Waals surface area contributed by atoms with E-state index in [0.29, 0.717) is 35.2 Å². The molecule has 0 bridgehead atoms. The molecule has 10 nitrogen and oxygen atoms in total. The second kappa shape index (κ2) is 13.4. The van der Waals surface area contributed by atoms with Gasteiger partial charge in [0.25, 0.3) is 11.8 Å². The van der Waals surface area contributed by atoms with Crippen molar-refractivity contribution in [1.82, 2.24) is 20.1 Å². The maximum atomic E-state index is 14.5. The van der Waals surface area contributed by atoms with Gasteiger partial charge in [-0.15, -0.1) is 23.1 Å². The Bertz CT molecular complexity index is 1480. The molecule has 44 heavy (non-hydrogen) atoms. The molecule has 230 valence electrons. The number of carbonyl (C=O) groups excluding carboxylic acids is 4. The molecule has 1 saturated carbocycles. The summed E-state index contributed by atoms with van der Waals surface area (Å²) >= 11 is 2.87. The summed E-state index contributed by atoms with van der Waals surface area (Å²) in [4.78, 5) is 62.5. The van der Waals surface area contributed by atoms with Gasteiger partial charge in [-0.2, -0.15) is 0 Å². The van der Waals surface area contributed by atoms with Crippen LogP contribution in [0.5, 0.6) is 0 Å². The van der Waals surface area contributed by atoms with Gasteiger partial charge in [-0.05, 0) is 55.5 Å². The number of likely N-dealkylation sites (tertiary alicyclic amines) is 1. The SMILES string of the molecule is CC(=O)N1CCCC(C2SCC(C(=O)N(c3ccc(C(=O)NC4CC4)cc3)c3nccs3)N2C(=O)OCc2ccccc2)C1. The molecule has 1 aromatic heterocycles. The van der Waals surface area contributed by atoms with Gasteiger partial charge in [-0.3, -0.25) is 24.2 Å². The maximum Gasteiger partial charge on any atom is 0.411 e. The third kappa shape index (κ3) is 6.76. The van der Waals surface area contributed by atoms with E-state index in [4.69, 9.17) is 4.74 Å². The number of rotatable bonds is 8. The molecule has 2 aromatic carbocycles. The zero-order chi connectivity index (χ0) is 30.6. The van der Waals surface area contributed by atoms with Crippen LogP contribution in [0.25, 0.3) is 0 Å². The molecule has 3 heterocycles. The number of carbonyl (C=O) groups is 4. The fourth-order valence-electron chi connectivity index (χ4n) is 5.70. The Balaban J connectivity index is 1.28. The number of aromatic nitrogens is 1. The number of ether oxygens (including phenoxy) is 1. The molecule has 0 spiro atoms. The Kier molecular flexibility index (Phi) is 9.17. The maximum absolute atomic E-state index is 14.5. The highest BCUT2D eigenvalue weighted by molar-refractivity contribution is 8.00. The van der Waals surface area contributed by atoms with Crippen LogP contribution in [0.1, 0.15) is 48.5 Å². The lowest BCUT2D eigenvalue weighted by Crippen LogP contribution is -2.53. The minimum atomic E-state index is -0.817. The first-order valence-corrected chi connectivity index (χ1v) is 16.8. The number of thioether (sulfide) groups is 1. The topological polar surface area (TPSA) is 112 Å². The van der Waals surface area contributed by atoms with Gasteiger partial charge in [0.15, 0.2) is 5.13 Å². The third-order valence-corrected chi connectivity index (χ3v) is 10.4. The summed E-state index contributed by atoms with van der Waals surface area (Å²) in [6.07, 6.45) is 4.73. The van der Waals surface area contributed by atoms with Gasteiger partial charge >= 0.3 is 6.09 Å². The fraction of sp³-hybridized carbons (Fsp3) is 0.406. The Morgan fingerprint density at radius 2 is 1.82 bits per heavy atom. The molecular weight excluding hydrogens is 599 g/mol. The fourth-order valence-corrected chi connectivity index (χ4v) is 7.94. The highest BCUT2D eigenvalue weighted by Crippen LogP contribution is 2.40. The molecule has 4 amide bonds. The van der Waals surface area contributed by atoms with Crippen LogP contribution in [0.15, 0.2) is 66.2 Å². The predicted octanol–water partition coefficient (Wildman–Crippen LogP) is 5.04. The van der Waals surface area contributed by atoms with Crippen molar-refractivity contribution in [1.29, 1.82) is 0 Å². The average molecular weight is 634 g/mol. The number of nitrogens with one attached hydrogen (secondary N) is 1. The van der Waals surface area contributed by atoms with E-state index in [1.165, 1.54) is 16.2 Å². The number of anilines is 2.